The molecule has 1 N–H and O–H groups in total. The predicted octanol–water partition coefficient (Wildman–Crippen LogP) is 2.59. The van der Waals surface area contributed by atoms with Gasteiger partial charge >= 0.3 is 0 Å². The number of hydrogen-bond acceptors (Lipinski definition) is 2. The molecule has 0 aliphatic rings. The summed E-state index contributed by atoms with van der Waals surface area (Å²) in [7, 11) is 0. The second kappa shape index (κ2) is 5.34. The minimum atomic E-state index is -1.60. The molecule has 0 aromatic heterocycles. The van der Waals surface area contributed by atoms with E-state index in [0.717, 1.165) is 0 Å². The highest BCUT2D eigenvalue weighted by atomic mass is 19.2. The first kappa shape index (κ1) is 13.0. The highest BCUT2D eigenvalue weighted by Gasteiger charge is 2.17. The molecular formula is C11H9F3N2O. The van der Waals surface area contributed by atoms with Gasteiger partial charge in [0.1, 0.15) is 5.92 Å². The summed E-state index contributed by atoms with van der Waals surface area (Å²) in [5.41, 5.74) is -0.222. The van der Waals surface area contributed by atoms with E-state index in [1.165, 1.54) is 0 Å². The van der Waals surface area contributed by atoms with Gasteiger partial charge in [0.2, 0.25) is 5.91 Å². The van der Waals surface area contributed by atoms with Gasteiger partial charge in [-0.2, -0.15) is 5.26 Å². The van der Waals surface area contributed by atoms with Gasteiger partial charge in [0, 0.05) is 17.8 Å². The summed E-state index contributed by atoms with van der Waals surface area (Å²) in [4.78, 5) is 11.4. The number of nitrogens with zero attached hydrogens (tertiary/aromatic N) is 1. The molecule has 90 valence electrons. The van der Waals surface area contributed by atoms with Gasteiger partial charge in [-0.3, -0.25) is 4.79 Å². The van der Waals surface area contributed by atoms with Gasteiger partial charge in [-0.25, -0.2) is 13.2 Å². The van der Waals surface area contributed by atoms with Gasteiger partial charge in [-0.15, -0.1) is 0 Å². The van der Waals surface area contributed by atoms with Crippen LogP contribution < -0.4 is 5.32 Å². The Hall–Kier alpha value is -2.03. The van der Waals surface area contributed by atoms with Crippen LogP contribution in [0.15, 0.2) is 12.1 Å². The van der Waals surface area contributed by atoms with E-state index >= 15 is 0 Å². The van der Waals surface area contributed by atoms with Crippen LogP contribution in [0.4, 0.5) is 18.9 Å². The minimum absolute atomic E-state index is 0.222. The van der Waals surface area contributed by atoms with E-state index in [1.807, 2.05) is 0 Å². The average Bonchev–Trinajstić information content (AvgIpc) is 2.27. The molecule has 1 aromatic carbocycles. The first-order chi connectivity index (χ1) is 7.99. The van der Waals surface area contributed by atoms with Gasteiger partial charge in [0.25, 0.3) is 0 Å². The monoisotopic (exact) mass is 242 g/mol. The summed E-state index contributed by atoms with van der Waals surface area (Å²) in [6.45, 7) is 1.62. The molecule has 0 fully saturated rings. The maximum absolute atomic E-state index is 12.8. The van der Waals surface area contributed by atoms with E-state index in [2.05, 4.69) is 5.32 Å². The van der Waals surface area contributed by atoms with E-state index in [-0.39, 0.29) is 12.1 Å². The lowest BCUT2D eigenvalue weighted by molar-refractivity contribution is -0.118. The Bertz CT molecular complexity index is 459. The lowest BCUT2D eigenvalue weighted by Crippen LogP contribution is -2.21. The van der Waals surface area contributed by atoms with Crippen LogP contribution in [0.5, 0.6) is 0 Å². The van der Waals surface area contributed by atoms with Crippen molar-refractivity contribution in [3.63, 3.8) is 0 Å². The topological polar surface area (TPSA) is 52.9 Å². The van der Waals surface area contributed by atoms with E-state index in [0.29, 0.717) is 12.1 Å². The number of nitrogens with one attached hydrogen (secondary N) is 1. The minimum Gasteiger partial charge on any atom is -0.325 e. The second-order valence-corrected chi connectivity index (χ2v) is 3.33. The molecule has 1 rings (SSSR count). The van der Waals surface area contributed by atoms with Gasteiger partial charge in [-0.05, 0) is 6.42 Å². The highest BCUT2D eigenvalue weighted by Crippen LogP contribution is 2.18. The van der Waals surface area contributed by atoms with Crippen molar-refractivity contribution in [3.05, 3.63) is 29.6 Å². The van der Waals surface area contributed by atoms with Crippen LogP contribution in [0.3, 0.4) is 0 Å². The Balaban J connectivity index is 2.90. The molecular weight excluding hydrogens is 233 g/mol. The Kier molecular flexibility index (Phi) is 4.10. The Morgan fingerprint density at radius 2 is 1.94 bits per heavy atom. The SMILES string of the molecule is CCC(C#N)C(=O)Nc1cc(F)c(F)c(F)c1. The highest BCUT2D eigenvalue weighted by molar-refractivity contribution is 5.94. The third kappa shape index (κ3) is 2.97. The van der Waals surface area contributed by atoms with Crippen molar-refractivity contribution in [3.8, 4) is 6.07 Å². The van der Waals surface area contributed by atoms with Gasteiger partial charge in [0.05, 0.1) is 6.07 Å². The molecule has 0 saturated carbocycles. The second-order valence-electron chi connectivity index (χ2n) is 3.33. The fourth-order valence-corrected chi connectivity index (χ4v) is 1.19. The molecule has 0 aliphatic heterocycles. The van der Waals surface area contributed by atoms with Crippen LogP contribution in [0.1, 0.15) is 13.3 Å². The fraction of sp³-hybridized carbons (Fsp3) is 0.273. The molecule has 0 heterocycles. The van der Waals surface area contributed by atoms with E-state index in [4.69, 9.17) is 5.26 Å². The standard InChI is InChI=1S/C11H9F3N2O/c1-2-6(5-15)11(17)16-7-3-8(12)10(14)9(13)4-7/h3-4,6H,2H2,1H3,(H,16,17). The molecule has 1 unspecified atom stereocenters. The number of anilines is 1. The van der Waals surface area contributed by atoms with Crippen molar-refractivity contribution in [1.82, 2.24) is 0 Å². The molecule has 0 saturated heterocycles. The largest absolute Gasteiger partial charge is 0.325 e. The number of benzene rings is 1. The fourth-order valence-electron chi connectivity index (χ4n) is 1.19. The zero-order valence-corrected chi connectivity index (χ0v) is 8.93. The summed E-state index contributed by atoms with van der Waals surface area (Å²) in [6.07, 6.45) is 0.272. The first-order valence-electron chi connectivity index (χ1n) is 4.84. The molecule has 1 atom stereocenters. The number of halogens is 3. The van der Waals surface area contributed by atoms with Crippen molar-refractivity contribution in [2.45, 2.75) is 13.3 Å². The number of carbonyl (C=O) groups is 1. The molecule has 0 radical (unpaired) electrons. The average molecular weight is 242 g/mol. The first-order valence-corrected chi connectivity index (χ1v) is 4.84. The molecule has 1 amide bonds. The van der Waals surface area contributed by atoms with Crippen LogP contribution in [0, 0.1) is 34.7 Å². The maximum Gasteiger partial charge on any atom is 0.241 e. The third-order valence-electron chi connectivity index (χ3n) is 2.13. The van der Waals surface area contributed by atoms with E-state index < -0.39 is 29.3 Å². The van der Waals surface area contributed by atoms with Crippen molar-refractivity contribution < 1.29 is 18.0 Å². The molecule has 0 aliphatic carbocycles. The van der Waals surface area contributed by atoms with Crippen LogP contribution in [-0.2, 0) is 4.79 Å². The zero-order valence-electron chi connectivity index (χ0n) is 8.93. The maximum atomic E-state index is 12.8. The van der Waals surface area contributed by atoms with Crippen LogP contribution >= 0.6 is 0 Å². The number of nitriles is 1. The van der Waals surface area contributed by atoms with Crippen LogP contribution in [0.2, 0.25) is 0 Å². The van der Waals surface area contributed by atoms with Crippen LogP contribution in [0.25, 0.3) is 0 Å². The lowest BCUT2D eigenvalue weighted by Gasteiger charge is -2.08. The van der Waals surface area contributed by atoms with E-state index in [1.54, 1.807) is 13.0 Å². The molecule has 3 nitrogen and oxygen atoms in total. The number of carbonyl (C=O) groups excluding carboxylic acids is 1. The number of amides is 1. The predicted molar refractivity (Wildman–Crippen MR) is 54.3 cm³/mol. The van der Waals surface area contributed by atoms with Gasteiger partial charge in [-0.1, -0.05) is 6.92 Å². The Labute approximate surface area is 95.9 Å². The Morgan fingerprint density at radius 3 is 2.35 bits per heavy atom. The molecule has 0 bridgehead atoms. The quantitative estimate of drug-likeness (QED) is 0.828. The third-order valence-corrected chi connectivity index (χ3v) is 2.13. The lowest BCUT2D eigenvalue weighted by atomic mass is 10.1. The van der Waals surface area contributed by atoms with Gasteiger partial charge in [0.15, 0.2) is 17.5 Å². The summed E-state index contributed by atoms with van der Waals surface area (Å²) in [5, 5.41) is 10.8. The van der Waals surface area contributed by atoms with Crippen molar-refractivity contribution in [2.24, 2.45) is 5.92 Å². The van der Waals surface area contributed by atoms with E-state index in [9.17, 15) is 18.0 Å². The normalized spacial score (nSPS) is 11.7. The molecule has 6 heteroatoms. The summed E-state index contributed by atoms with van der Waals surface area (Å²) >= 11 is 0. The molecule has 0 spiro atoms. The summed E-state index contributed by atoms with van der Waals surface area (Å²) in [5.74, 6) is -5.99. The Morgan fingerprint density at radius 1 is 1.41 bits per heavy atom. The zero-order chi connectivity index (χ0) is 13.0. The van der Waals surface area contributed by atoms with Gasteiger partial charge < -0.3 is 5.32 Å². The van der Waals surface area contributed by atoms with Crippen molar-refractivity contribution >= 4 is 11.6 Å². The summed E-state index contributed by atoms with van der Waals surface area (Å²) < 4.78 is 38.3. The van der Waals surface area contributed by atoms with Crippen LogP contribution in [-0.4, -0.2) is 5.91 Å². The number of rotatable bonds is 3. The summed E-state index contributed by atoms with van der Waals surface area (Å²) in [6, 6.07) is 3.05. The van der Waals surface area contributed by atoms with Crippen molar-refractivity contribution in [1.29, 1.82) is 5.26 Å². The number of hydrogen-bond donors (Lipinski definition) is 1. The van der Waals surface area contributed by atoms with Crippen molar-refractivity contribution in [2.75, 3.05) is 5.32 Å². The smallest absolute Gasteiger partial charge is 0.241 e. The molecule has 1 aromatic rings. The molecule has 17 heavy (non-hydrogen) atoms.